The van der Waals surface area contributed by atoms with Gasteiger partial charge >= 0.3 is 5.97 Å². The molecule has 0 unspecified atom stereocenters. The number of likely N-dealkylation sites (N-methyl/N-ethyl adjacent to an activating group) is 2. The Hall–Kier alpha value is -1.58. The zero-order chi connectivity index (χ0) is 16.4. The summed E-state index contributed by atoms with van der Waals surface area (Å²) < 4.78 is 52.3. The lowest BCUT2D eigenvalue weighted by molar-refractivity contribution is 0.0696. The molecule has 0 saturated carbocycles. The number of halogens is 2. The molecule has 1 rings (SSSR count). The van der Waals surface area contributed by atoms with E-state index >= 15 is 0 Å². The molecule has 0 atom stereocenters. The average Bonchev–Trinajstić information content (AvgIpc) is 2.38. The normalized spacial score (nSPS) is 12.1. The molecular weight excluding hydrogens is 306 g/mol. The van der Waals surface area contributed by atoms with Crippen molar-refractivity contribution in [2.75, 3.05) is 34.2 Å². The molecule has 1 aromatic carbocycles. The second-order valence-corrected chi connectivity index (χ2v) is 6.72. The van der Waals surface area contributed by atoms with Crippen molar-refractivity contribution in [2.45, 2.75) is 4.90 Å². The summed E-state index contributed by atoms with van der Waals surface area (Å²) in [6, 6.07) is 1.05. The van der Waals surface area contributed by atoms with Crippen LogP contribution in [0.15, 0.2) is 17.0 Å². The van der Waals surface area contributed by atoms with Gasteiger partial charge in [-0.2, -0.15) is 4.31 Å². The summed E-state index contributed by atoms with van der Waals surface area (Å²) >= 11 is 0. The van der Waals surface area contributed by atoms with Gasteiger partial charge in [0, 0.05) is 20.1 Å². The van der Waals surface area contributed by atoms with Crippen LogP contribution >= 0.6 is 0 Å². The van der Waals surface area contributed by atoms with Crippen LogP contribution in [0.3, 0.4) is 0 Å². The third-order valence-corrected chi connectivity index (χ3v) is 4.65. The van der Waals surface area contributed by atoms with Crippen molar-refractivity contribution in [3.8, 4) is 0 Å². The molecular formula is C12H16F2N2O4S. The first-order chi connectivity index (χ1) is 9.57. The smallest absolute Gasteiger partial charge is 0.335 e. The molecule has 0 heterocycles. The van der Waals surface area contributed by atoms with Crippen LogP contribution in [0.1, 0.15) is 10.4 Å². The SMILES string of the molecule is CN(C)CCN(C)S(=O)(=O)c1cc(C(=O)O)cc(F)c1F. The van der Waals surface area contributed by atoms with E-state index in [1.807, 2.05) is 0 Å². The van der Waals surface area contributed by atoms with Crippen LogP contribution < -0.4 is 0 Å². The van der Waals surface area contributed by atoms with Crippen molar-refractivity contribution < 1.29 is 27.1 Å². The van der Waals surface area contributed by atoms with Crippen LogP contribution in [-0.2, 0) is 10.0 Å². The lowest BCUT2D eigenvalue weighted by Gasteiger charge is -2.20. The first kappa shape index (κ1) is 17.5. The van der Waals surface area contributed by atoms with Crippen molar-refractivity contribution in [1.29, 1.82) is 0 Å². The number of aromatic carboxylic acids is 1. The molecule has 0 saturated heterocycles. The molecule has 0 amide bonds. The number of carboxylic acids is 1. The highest BCUT2D eigenvalue weighted by Gasteiger charge is 2.28. The minimum absolute atomic E-state index is 0.0493. The first-order valence-electron chi connectivity index (χ1n) is 5.90. The Kier molecular flexibility index (Phi) is 5.37. The summed E-state index contributed by atoms with van der Waals surface area (Å²) in [4.78, 5) is 11.6. The van der Waals surface area contributed by atoms with Crippen molar-refractivity contribution in [3.05, 3.63) is 29.3 Å². The van der Waals surface area contributed by atoms with Crippen LogP contribution in [0.4, 0.5) is 8.78 Å². The molecule has 0 fully saturated rings. The zero-order valence-corrected chi connectivity index (χ0v) is 12.6. The van der Waals surface area contributed by atoms with Crippen LogP contribution in [0.5, 0.6) is 0 Å². The minimum atomic E-state index is -4.32. The molecule has 0 aliphatic carbocycles. The van der Waals surface area contributed by atoms with Gasteiger partial charge in [0.05, 0.1) is 5.56 Å². The Morgan fingerprint density at radius 1 is 1.19 bits per heavy atom. The van der Waals surface area contributed by atoms with Crippen molar-refractivity contribution in [1.82, 2.24) is 9.21 Å². The fraction of sp³-hybridized carbons (Fsp3) is 0.417. The predicted molar refractivity (Wildman–Crippen MR) is 71.7 cm³/mol. The van der Waals surface area contributed by atoms with E-state index in [4.69, 9.17) is 5.11 Å². The molecule has 0 bridgehead atoms. The number of hydrogen-bond donors (Lipinski definition) is 1. The fourth-order valence-corrected chi connectivity index (χ4v) is 2.76. The third-order valence-electron chi connectivity index (χ3n) is 2.79. The van der Waals surface area contributed by atoms with Gasteiger partial charge in [-0.25, -0.2) is 22.0 Å². The summed E-state index contributed by atoms with van der Waals surface area (Å²) in [7, 11) is 0.352. The molecule has 0 aliphatic heterocycles. The van der Waals surface area contributed by atoms with Gasteiger partial charge in [-0.3, -0.25) is 0 Å². The molecule has 6 nitrogen and oxygen atoms in total. The molecule has 1 N–H and O–H groups in total. The molecule has 1 aromatic rings. The van der Waals surface area contributed by atoms with Crippen LogP contribution in [0.2, 0.25) is 0 Å². The van der Waals surface area contributed by atoms with Gasteiger partial charge in [-0.05, 0) is 26.2 Å². The molecule has 21 heavy (non-hydrogen) atoms. The van der Waals surface area contributed by atoms with Gasteiger partial charge < -0.3 is 10.0 Å². The maximum atomic E-state index is 13.7. The van der Waals surface area contributed by atoms with Crippen molar-refractivity contribution >= 4 is 16.0 Å². The molecule has 0 aliphatic rings. The monoisotopic (exact) mass is 322 g/mol. The summed E-state index contributed by atoms with van der Waals surface area (Å²) in [5.74, 6) is -4.65. The molecule has 0 spiro atoms. The Morgan fingerprint density at radius 3 is 2.24 bits per heavy atom. The molecule has 118 valence electrons. The quantitative estimate of drug-likeness (QED) is 0.840. The summed E-state index contributed by atoms with van der Waals surface area (Å²) in [5.41, 5.74) is -0.631. The van der Waals surface area contributed by atoms with Crippen molar-refractivity contribution in [3.63, 3.8) is 0 Å². The standard InChI is InChI=1S/C12H16F2N2O4S/c1-15(2)4-5-16(3)21(19,20)10-7-8(12(17)18)6-9(13)11(10)14/h6-7H,4-5H2,1-3H3,(H,17,18). The summed E-state index contributed by atoms with van der Waals surface area (Å²) in [5, 5.41) is 8.80. The lowest BCUT2D eigenvalue weighted by Crippen LogP contribution is -2.34. The van der Waals surface area contributed by atoms with E-state index in [9.17, 15) is 22.0 Å². The molecule has 0 radical (unpaired) electrons. The minimum Gasteiger partial charge on any atom is -0.478 e. The Balaban J connectivity index is 3.27. The third kappa shape index (κ3) is 3.96. The van der Waals surface area contributed by atoms with E-state index in [2.05, 4.69) is 0 Å². The topological polar surface area (TPSA) is 77.9 Å². The number of carbonyl (C=O) groups is 1. The Labute approximate surface area is 121 Å². The van der Waals surface area contributed by atoms with Gasteiger partial charge in [0.2, 0.25) is 10.0 Å². The summed E-state index contributed by atoms with van der Waals surface area (Å²) in [6.45, 7) is 0.423. The zero-order valence-electron chi connectivity index (χ0n) is 11.8. The van der Waals surface area contributed by atoms with E-state index in [1.54, 1.807) is 19.0 Å². The highest BCUT2D eigenvalue weighted by molar-refractivity contribution is 7.89. The van der Waals surface area contributed by atoms with Crippen LogP contribution in [-0.4, -0.2) is 62.9 Å². The van der Waals surface area contributed by atoms with E-state index in [0.717, 1.165) is 4.31 Å². The first-order valence-corrected chi connectivity index (χ1v) is 7.34. The Bertz CT molecular complexity index is 647. The molecule has 0 aromatic heterocycles. The number of carboxylic acid groups (broad SMARTS) is 1. The number of hydrogen-bond acceptors (Lipinski definition) is 4. The van der Waals surface area contributed by atoms with E-state index in [0.29, 0.717) is 18.7 Å². The van der Waals surface area contributed by atoms with Gasteiger partial charge in [-0.1, -0.05) is 0 Å². The Morgan fingerprint density at radius 2 is 1.76 bits per heavy atom. The summed E-state index contributed by atoms with van der Waals surface area (Å²) in [6.07, 6.45) is 0. The van der Waals surface area contributed by atoms with Gasteiger partial charge in [0.25, 0.3) is 0 Å². The lowest BCUT2D eigenvalue weighted by atomic mass is 10.2. The number of sulfonamides is 1. The van der Waals surface area contributed by atoms with E-state index in [1.165, 1.54) is 7.05 Å². The number of benzene rings is 1. The molecule has 9 heteroatoms. The number of rotatable bonds is 6. The van der Waals surface area contributed by atoms with Gasteiger partial charge in [0.1, 0.15) is 4.90 Å². The highest BCUT2D eigenvalue weighted by Crippen LogP contribution is 2.22. The number of nitrogens with zero attached hydrogens (tertiary/aromatic N) is 2. The van der Waals surface area contributed by atoms with Crippen LogP contribution in [0.25, 0.3) is 0 Å². The predicted octanol–water partition coefficient (Wildman–Crippen LogP) is 0.845. The largest absolute Gasteiger partial charge is 0.478 e. The van der Waals surface area contributed by atoms with Crippen LogP contribution in [0, 0.1) is 11.6 Å². The maximum Gasteiger partial charge on any atom is 0.335 e. The van der Waals surface area contributed by atoms with Gasteiger partial charge in [0.15, 0.2) is 11.6 Å². The van der Waals surface area contributed by atoms with Gasteiger partial charge in [-0.15, -0.1) is 0 Å². The van der Waals surface area contributed by atoms with E-state index in [-0.39, 0.29) is 6.54 Å². The maximum absolute atomic E-state index is 13.7. The van der Waals surface area contributed by atoms with Crippen molar-refractivity contribution in [2.24, 2.45) is 0 Å². The second kappa shape index (κ2) is 6.46. The second-order valence-electron chi connectivity index (χ2n) is 4.71. The average molecular weight is 322 g/mol. The van der Waals surface area contributed by atoms with E-state index < -0.39 is 38.1 Å². The fourth-order valence-electron chi connectivity index (χ4n) is 1.50. The highest BCUT2D eigenvalue weighted by atomic mass is 32.2.